The van der Waals surface area contributed by atoms with Crippen molar-refractivity contribution in [2.24, 2.45) is 0 Å². The average molecular weight is 347 g/mol. The van der Waals surface area contributed by atoms with Gasteiger partial charge in [0.05, 0.1) is 24.9 Å². The summed E-state index contributed by atoms with van der Waals surface area (Å²) in [6.07, 6.45) is 5.21. The molecule has 0 radical (unpaired) electrons. The van der Waals surface area contributed by atoms with E-state index in [9.17, 15) is 4.79 Å². The number of carbonyl (C=O) groups excluding carboxylic acids is 1. The highest BCUT2D eigenvalue weighted by atomic mass is 16.5. The van der Waals surface area contributed by atoms with Crippen molar-refractivity contribution in [2.75, 3.05) is 13.7 Å². The molecule has 1 fully saturated rings. The summed E-state index contributed by atoms with van der Waals surface area (Å²) >= 11 is 0. The van der Waals surface area contributed by atoms with Crippen LogP contribution in [0.5, 0.6) is 5.75 Å². The summed E-state index contributed by atoms with van der Waals surface area (Å²) < 4.78 is 5.38. The van der Waals surface area contributed by atoms with Crippen LogP contribution in [-0.2, 0) is 0 Å². The molecule has 26 heavy (non-hydrogen) atoms. The molecule has 3 aromatic rings. The van der Waals surface area contributed by atoms with Crippen molar-refractivity contribution in [1.82, 2.24) is 15.1 Å². The second-order valence-electron chi connectivity index (χ2n) is 6.46. The molecule has 0 aliphatic carbocycles. The van der Waals surface area contributed by atoms with Crippen LogP contribution in [0.2, 0.25) is 0 Å². The second kappa shape index (κ2) is 7.04. The zero-order chi connectivity index (χ0) is 17.9. The number of nitrogens with zero attached hydrogens (tertiary/aromatic N) is 2. The molecule has 1 aromatic heterocycles. The number of hydrogen-bond donors (Lipinski definition) is 1. The predicted octanol–water partition coefficient (Wildman–Crippen LogP) is 4.06. The van der Waals surface area contributed by atoms with Crippen molar-refractivity contribution < 1.29 is 9.53 Å². The Morgan fingerprint density at radius 2 is 2.12 bits per heavy atom. The first kappa shape index (κ1) is 16.4. The fourth-order valence-electron chi connectivity index (χ4n) is 3.71. The van der Waals surface area contributed by atoms with E-state index in [1.54, 1.807) is 19.5 Å². The minimum Gasteiger partial charge on any atom is -0.497 e. The molecule has 1 aliphatic rings. The van der Waals surface area contributed by atoms with Crippen LogP contribution in [0, 0.1) is 0 Å². The Hall–Kier alpha value is -3.08. The SMILES string of the molecule is COc1cccc(-c2ccccc2[C@@H]2CCCN2C(=O)c2cn[nH]c2)c1. The smallest absolute Gasteiger partial charge is 0.257 e. The average Bonchev–Trinajstić information content (AvgIpc) is 3.39. The summed E-state index contributed by atoms with van der Waals surface area (Å²) in [5.41, 5.74) is 4.02. The van der Waals surface area contributed by atoms with Crippen LogP contribution in [0.25, 0.3) is 11.1 Å². The monoisotopic (exact) mass is 347 g/mol. The molecule has 1 saturated heterocycles. The Kier molecular flexibility index (Phi) is 4.44. The van der Waals surface area contributed by atoms with Gasteiger partial charge in [-0.2, -0.15) is 5.10 Å². The number of H-pyrrole nitrogens is 1. The van der Waals surface area contributed by atoms with E-state index in [4.69, 9.17) is 4.74 Å². The number of benzene rings is 2. The van der Waals surface area contributed by atoms with Gasteiger partial charge < -0.3 is 9.64 Å². The lowest BCUT2D eigenvalue weighted by Gasteiger charge is -2.26. The molecule has 2 heterocycles. The zero-order valence-corrected chi connectivity index (χ0v) is 14.7. The summed E-state index contributed by atoms with van der Waals surface area (Å²) in [4.78, 5) is 14.8. The molecule has 132 valence electrons. The molecule has 4 rings (SSSR count). The van der Waals surface area contributed by atoms with Crippen molar-refractivity contribution in [3.63, 3.8) is 0 Å². The lowest BCUT2D eigenvalue weighted by Crippen LogP contribution is -2.30. The predicted molar refractivity (Wildman–Crippen MR) is 100 cm³/mol. The van der Waals surface area contributed by atoms with Gasteiger partial charge in [-0.05, 0) is 41.7 Å². The van der Waals surface area contributed by atoms with E-state index < -0.39 is 0 Å². The van der Waals surface area contributed by atoms with Crippen LogP contribution in [0.4, 0.5) is 0 Å². The summed E-state index contributed by atoms with van der Waals surface area (Å²) in [5.74, 6) is 0.858. The Morgan fingerprint density at radius 3 is 2.92 bits per heavy atom. The molecule has 1 N–H and O–H groups in total. The molecule has 1 atom stereocenters. The highest BCUT2D eigenvalue weighted by Crippen LogP contribution is 2.39. The molecule has 1 amide bonds. The van der Waals surface area contributed by atoms with E-state index in [1.165, 1.54) is 5.56 Å². The number of methoxy groups -OCH3 is 1. The standard InChI is InChI=1S/C21H21N3O2/c1-26-17-7-4-6-15(12-17)18-8-2-3-9-19(18)20-10-5-11-24(20)21(25)16-13-22-23-14-16/h2-4,6-9,12-14,20H,5,10-11H2,1H3,(H,22,23)/t20-/m0/s1. The second-order valence-corrected chi connectivity index (χ2v) is 6.46. The van der Waals surface area contributed by atoms with Crippen molar-refractivity contribution >= 4 is 5.91 Å². The van der Waals surface area contributed by atoms with Gasteiger partial charge in [-0.1, -0.05) is 36.4 Å². The van der Waals surface area contributed by atoms with Gasteiger partial charge in [0, 0.05) is 12.7 Å². The number of nitrogens with one attached hydrogen (secondary N) is 1. The van der Waals surface area contributed by atoms with Gasteiger partial charge in [-0.3, -0.25) is 9.89 Å². The Morgan fingerprint density at radius 1 is 1.23 bits per heavy atom. The summed E-state index contributed by atoms with van der Waals surface area (Å²) in [7, 11) is 1.67. The molecule has 5 heteroatoms. The highest BCUT2D eigenvalue weighted by molar-refractivity contribution is 5.94. The Labute approximate surface area is 152 Å². The minimum absolute atomic E-state index is 0.0293. The van der Waals surface area contributed by atoms with E-state index in [2.05, 4.69) is 28.4 Å². The van der Waals surface area contributed by atoms with Crippen molar-refractivity contribution in [1.29, 1.82) is 0 Å². The molecule has 5 nitrogen and oxygen atoms in total. The molecule has 2 aromatic carbocycles. The molecule has 1 aliphatic heterocycles. The number of likely N-dealkylation sites (tertiary alicyclic amines) is 1. The largest absolute Gasteiger partial charge is 0.497 e. The van der Waals surface area contributed by atoms with Crippen LogP contribution in [-0.4, -0.2) is 34.7 Å². The number of rotatable bonds is 4. The molecule has 0 saturated carbocycles. The maximum Gasteiger partial charge on any atom is 0.257 e. The summed E-state index contributed by atoms with van der Waals surface area (Å²) in [5, 5.41) is 6.64. The van der Waals surface area contributed by atoms with E-state index in [-0.39, 0.29) is 11.9 Å². The van der Waals surface area contributed by atoms with Crippen molar-refractivity contribution in [3.05, 3.63) is 72.1 Å². The summed E-state index contributed by atoms with van der Waals surface area (Å²) in [6, 6.07) is 16.4. The third-order valence-corrected chi connectivity index (χ3v) is 4.96. The fourth-order valence-corrected chi connectivity index (χ4v) is 3.71. The topological polar surface area (TPSA) is 58.2 Å². The van der Waals surface area contributed by atoms with Crippen LogP contribution in [0.1, 0.15) is 34.8 Å². The number of carbonyl (C=O) groups is 1. The number of aromatic amines is 1. The van der Waals surface area contributed by atoms with Gasteiger partial charge in [0.2, 0.25) is 0 Å². The maximum atomic E-state index is 12.9. The van der Waals surface area contributed by atoms with E-state index in [1.807, 2.05) is 35.2 Å². The number of amides is 1. The molecule has 0 bridgehead atoms. The quantitative estimate of drug-likeness (QED) is 0.774. The zero-order valence-electron chi connectivity index (χ0n) is 14.7. The number of ether oxygens (including phenoxy) is 1. The minimum atomic E-state index is 0.0293. The highest BCUT2D eigenvalue weighted by Gasteiger charge is 2.32. The lowest BCUT2D eigenvalue weighted by molar-refractivity contribution is 0.0736. The Bertz CT molecular complexity index is 905. The van der Waals surface area contributed by atoms with Gasteiger partial charge in [-0.15, -0.1) is 0 Å². The maximum absolute atomic E-state index is 12.9. The van der Waals surface area contributed by atoms with Gasteiger partial charge >= 0.3 is 0 Å². The molecule has 0 unspecified atom stereocenters. The van der Waals surface area contributed by atoms with Gasteiger partial charge in [0.1, 0.15) is 5.75 Å². The van der Waals surface area contributed by atoms with E-state index >= 15 is 0 Å². The third-order valence-electron chi connectivity index (χ3n) is 4.96. The van der Waals surface area contributed by atoms with Crippen molar-refractivity contribution in [2.45, 2.75) is 18.9 Å². The lowest BCUT2D eigenvalue weighted by atomic mass is 9.93. The number of aromatic nitrogens is 2. The van der Waals surface area contributed by atoms with Crippen LogP contribution >= 0.6 is 0 Å². The van der Waals surface area contributed by atoms with Crippen molar-refractivity contribution in [3.8, 4) is 16.9 Å². The molecule has 0 spiro atoms. The third kappa shape index (κ3) is 2.96. The fraction of sp³-hybridized carbons (Fsp3) is 0.238. The van der Waals surface area contributed by atoms with Gasteiger partial charge in [0.25, 0.3) is 5.91 Å². The van der Waals surface area contributed by atoms with Gasteiger partial charge in [-0.25, -0.2) is 0 Å². The normalized spacial score (nSPS) is 16.7. The van der Waals surface area contributed by atoms with Crippen LogP contribution in [0.15, 0.2) is 60.9 Å². The first-order chi connectivity index (χ1) is 12.8. The molecular formula is C21H21N3O2. The Balaban J connectivity index is 1.72. The first-order valence-corrected chi connectivity index (χ1v) is 8.81. The van der Waals surface area contributed by atoms with Gasteiger partial charge in [0.15, 0.2) is 0 Å². The van der Waals surface area contributed by atoms with E-state index in [0.717, 1.165) is 36.3 Å². The number of hydrogen-bond acceptors (Lipinski definition) is 3. The van der Waals surface area contributed by atoms with Crippen LogP contribution in [0.3, 0.4) is 0 Å². The molecular weight excluding hydrogens is 326 g/mol. The van der Waals surface area contributed by atoms with E-state index in [0.29, 0.717) is 5.56 Å². The van der Waals surface area contributed by atoms with Crippen LogP contribution < -0.4 is 4.74 Å². The summed E-state index contributed by atoms with van der Waals surface area (Å²) in [6.45, 7) is 0.765. The first-order valence-electron chi connectivity index (χ1n) is 8.81.